The molecule has 2 aromatic heterocycles. The van der Waals surface area contributed by atoms with E-state index in [1.165, 1.54) is 16.4 Å². The van der Waals surface area contributed by atoms with Gasteiger partial charge in [-0.2, -0.15) is 9.67 Å². The quantitative estimate of drug-likeness (QED) is 0.491. The third-order valence-corrected chi connectivity index (χ3v) is 3.32. The molecule has 8 nitrogen and oxygen atoms in total. The number of benzene rings is 1. The third kappa shape index (κ3) is 2.93. The van der Waals surface area contributed by atoms with Crippen LogP contribution in [0, 0.1) is 0 Å². The van der Waals surface area contributed by atoms with Gasteiger partial charge in [-0.1, -0.05) is 30.0 Å². The smallest absolute Gasteiger partial charge is 0.248 e. The molecule has 0 aliphatic heterocycles. The van der Waals surface area contributed by atoms with E-state index in [-0.39, 0.29) is 5.95 Å². The molecule has 22 heavy (non-hydrogen) atoms. The second kappa shape index (κ2) is 5.90. The summed E-state index contributed by atoms with van der Waals surface area (Å²) in [6, 6.07) is 11.2. The van der Waals surface area contributed by atoms with Crippen LogP contribution < -0.4 is 16.8 Å². The van der Waals surface area contributed by atoms with Crippen LogP contribution in [0.1, 0.15) is 0 Å². The first-order chi connectivity index (χ1) is 10.7. The number of rotatable bonds is 4. The van der Waals surface area contributed by atoms with Crippen LogP contribution in [0.5, 0.6) is 0 Å². The van der Waals surface area contributed by atoms with E-state index in [0.717, 1.165) is 5.69 Å². The van der Waals surface area contributed by atoms with Gasteiger partial charge < -0.3 is 16.8 Å². The first-order valence-corrected chi connectivity index (χ1v) is 7.61. The Labute approximate surface area is 131 Å². The van der Waals surface area contributed by atoms with Gasteiger partial charge in [-0.3, -0.25) is 0 Å². The van der Waals surface area contributed by atoms with Crippen molar-refractivity contribution in [2.75, 3.05) is 23.0 Å². The lowest BCUT2D eigenvalue weighted by molar-refractivity contribution is 0.820. The van der Waals surface area contributed by atoms with Crippen molar-refractivity contribution in [2.24, 2.45) is 0 Å². The fourth-order valence-electron chi connectivity index (χ4n) is 1.83. The Bertz CT molecular complexity index is 786. The summed E-state index contributed by atoms with van der Waals surface area (Å²) in [5.41, 5.74) is 12.5. The number of anilines is 4. The fraction of sp³-hybridized carbons (Fsp3) is 0.0769. The molecule has 0 bridgehead atoms. The second-order valence-corrected chi connectivity index (χ2v) is 5.11. The van der Waals surface area contributed by atoms with Crippen molar-refractivity contribution in [3.63, 3.8) is 0 Å². The number of para-hydroxylation sites is 1. The van der Waals surface area contributed by atoms with Crippen LogP contribution in [0.3, 0.4) is 0 Å². The number of hydrogen-bond donors (Lipinski definition) is 3. The maximum atomic E-state index is 5.91. The molecule has 3 aromatic rings. The highest BCUT2D eigenvalue weighted by Gasteiger charge is 2.12. The standard InChI is InChI=1S/C13H14N8S/c1-22-13-17-9(14)7-10(18-13)21-11(15)19-12(20-21)16-8-5-3-2-4-6-8/h2-7H,1H3,(H2,14,17,18)(H3,15,16,19,20). The lowest BCUT2D eigenvalue weighted by Gasteiger charge is -2.04. The second-order valence-electron chi connectivity index (χ2n) is 4.33. The normalized spacial score (nSPS) is 10.6. The molecule has 0 saturated carbocycles. The van der Waals surface area contributed by atoms with Crippen molar-refractivity contribution >= 4 is 35.2 Å². The predicted molar refractivity (Wildman–Crippen MR) is 87.3 cm³/mol. The number of nitrogen functional groups attached to an aromatic ring is 2. The summed E-state index contributed by atoms with van der Waals surface area (Å²) in [5.74, 6) is 1.42. The van der Waals surface area contributed by atoms with Gasteiger partial charge in [0.2, 0.25) is 11.9 Å². The van der Waals surface area contributed by atoms with Crippen molar-refractivity contribution in [2.45, 2.75) is 5.16 Å². The Morgan fingerprint density at radius 2 is 1.86 bits per heavy atom. The summed E-state index contributed by atoms with van der Waals surface area (Å²) in [4.78, 5) is 12.6. The Morgan fingerprint density at radius 3 is 2.59 bits per heavy atom. The summed E-state index contributed by atoms with van der Waals surface area (Å²) < 4.78 is 1.42. The van der Waals surface area contributed by atoms with Crippen LogP contribution in [0.25, 0.3) is 5.82 Å². The maximum Gasteiger partial charge on any atom is 0.248 e. The highest BCUT2D eigenvalue weighted by atomic mass is 32.2. The highest BCUT2D eigenvalue weighted by molar-refractivity contribution is 7.98. The van der Waals surface area contributed by atoms with Crippen LogP contribution in [0.2, 0.25) is 0 Å². The molecular formula is C13H14N8S. The molecule has 1 aromatic carbocycles. The van der Waals surface area contributed by atoms with Crippen molar-refractivity contribution in [1.29, 1.82) is 0 Å². The minimum atomic E-state index is 0.212. The zero-order valence-corrected chi connectivity index (χ0v) is 12.6. The lowest BCUT2D eigenvalue weighted by atomic mass is 10.3. The Hall–Kier alpha value is -2.81. The number of thioether (sulfide) groups is 1. The monoisotopic (exact) mass is 314 g/mol. The van der Waals surface area contributed by atoms with Gasteiger partial charge in [0.1, 0.15) is 5.82 Å². The number of nitrogens with two attached hydrogens (primary N) is 2. The molecule has 0 aliphatic carbocycles. The van der Waals surface area contributed by atoms with Crippen LogP contribution in [0.4, 0.5) is 23.4 Å². The molecule has 0 radical (unpaired) electrons. The fourth-order valence-corrected chi connectivity index (χ4v) is 2.21. The van der Waals surface area contributed by atoms with Gasteiger partial charge in [0.25, 0.3) is 0 Å². The zero-order chi connectivity index (χ0) is 15.5. The number of aromatic nitrogens is 5. The van der Waals surface area contributed by atoms with Gasteiger partial charge in [-0.15, -0.1) is 5.10 Å². The molecule has 0 saturated heterocycles. The molecular weight excluding hydrogens is 300 g/mol. The molecule has 3 rings (SSSR count). The maximum absolute atomic E-state index is 5.91. The molecule has 112 valence electrons. The van der Waals surface area contributed by atoms with Crippen molar-refractivity contribution in [3.05, 3.63) is 36.4 Å². The third-order valence-electron chi connectivity index (χ3n) is 2.77. The van der Waals surface area contributed by atoms with E-state index >= 15 is 0 Å². The van der Waals surface area contributed by atoms with Crippen LogP contribution in [-0.4, -0.2) is 31.0 Å². The minimum Gasteiger partial charge on any atom is -0.383 e. The molecule has 2 heterocycles. The summed E-state index contributed by atoms with van der Waals surface area (Å²) in [5, 5.41) is 7.93. The van der Waals surface area contributed by atoms with E-state index < -0.39 is 0 Å². The molecule has 9 heteroatoms. The minimum absolute atomic E-state index is 0.212. The summed E-state index contributed by atoms with van der Waals surface area (Å²) in [6.45, 7) is 0. The van der Waals surface area contributed by atoms with Gasteiger partial charge >= 0.3 is 0 Å². The van der Waals surface area contributed by atoms with E-state index in [0.29, 0.717) is 22.7 Å². The van der Waals surface area contributed by atoms with Gasteiger partial charge in [0, 0.05) is 11.8 Å². The van der Waals surface area contributed by atoms with Crippen LogP contribution >= 0.6 is 11.8 Å². The molecule has 5 N–H and O–H groups in total. The van der Waals surface area contributed by atoms with E-state index in [9.17, 15) is 0 Å². The molecule has 0 unspecified atom stereocenters. The Morgan fingerprint density at radius 1 is 1.09 bits per heavy atom. The predicted octanol–water partition coefficient (Wildman–Crippen LogP) is 1.69. The van der Waals surface area contributed by atoms with E-state index in [2.05, 4.69) is 25.4 Å². The van der Waals surface area contributed by atoms with E-state index in [1.807, 2.05) is 36.6 Å². The van der Waals surface area contributed by atoms with Gasteiger partial charge in [0.05, 0.1) is 0 Å². The van der Waals surface area contributed by atoms with Crippen molar-refractivity contribution < 1.29 is 0 Å². The summed E-state index contributed by atoms with van der Waals surface area (Å²) >= 11 is 1.39. The van der Waals surface area contributed by atoms with E-state index in [1.54, 1.807) is 6.07 Å². The molecule has 0 spiro atoms. The van der Waals surface area contributed by atoms with Crippen LogP contribution in [-0.2, 0) is 0 Å². The number of nitrogens with one attached hydrogen (secondary N) is 1. The topological polar surface area (TPSA) is 121 Å². The zero-order valence-electron chi connectivity index (χ0n) is 11.8. The van der Waals surface area contributed by atoms with Gasteiger partial charge in [-0.25, -0.2) is 9.97 Å². The molecule has 0 atom stereocenters. The van der Waals surface area contributed by atoms with Crippen molar-refractivity contribution in [3.8, 4) is 5.82 Å². The first-order valence-electron chi connectivity index (χ1n) is 6.39. The van der Waals surface area contributed by atoms with Gasteiger partial charge in [-0.05, 0) is 18.4 Å². The van der Waals surface area contributed by atoms with Crippen LogP contribution in [0.15, 0.2) is 41.6 Å². The average molecular weight is 314 g/mol. The number of hydrogen-bond acceptors (Lipinski definition) is 8. The SMILES string of the molecule is CSc1nc(N)cc(-n2nc(Nc3ccccc3)nc2N)n1. The molecule has 0 aliphatic rings. The average Bonchev–Trinajstić information content (AvgIpc) is 2.88. The highest BCUT2D eigenvalue weighted by Crippen LogP contribution is 2.19. The largest absolute Gasteiger partial charge is 0.383 e. The molecule has 0 amide bonds. The van der Waals surface area contributed by atoms with Gasteiger partial charge in [0.15, 0.2) is 11.0 Å². The number of nitrogens with zero attached hydrogens (tertiary/aromatic N) is 5. The summed E-state index contributed by atoms with van der Waals surface area (Å²) in [7, 11) is 0. The van der Waals surface area contributed by atoms with E-state index in [4.69, 9.17) is 11.5 Å². The Balaban J connectivity index is 1.94. The summed E-state index contributed by atoms with van der Waals surface area (Å²) in [6.07, 6.45) is 1.87. The first kappa shape index (κ1) is 14.1. The Kier molecular flexibility index (Phi) is 3.79. The lowest BCUT2D eigenvalue weighted by Crippen LogP contribution is -2.07. The molecule has 0 fully saturated rings. The van der Waals surface area contributed by atoms with Crippen molar-refractivity contribution in [1.82, 2.24) is 24.7 Å².